The largest absolute Gasteiger partial charge is 0.490 e. The molecule has 1 atom stereocenters. The lowest BCUT2D eigenvalue weighted by Crippen LogP contribution is -2.46. The van der Waals surface area contributed by atoms with Crippen LogP contribution in [0.25, 0.3) is 0 Å². The van der Waals surface area contributed by atoms with Crippen molar-refractivity contribution in [2.45, 2.75) is 32.2 Å². The quantitative estimate of drug-likeness (QED) is 0.677. The maximum Gasteiger partial charge on any atom is 0.299 e. The van der Waals surface area contributed by atoms with Crippen LogP contribution in [-0.2, 0) is 0 Å². The minimum atomic E-state index is -0.134. The number of aromatic nitrogens is 2. The van der Waals surface area contributed by atoms with Crippen molar-refractivity contribution in [3.05, 3.63) is 66.3 Å². The number of nitrogens with one attached hydrogen (secondary N) is 1. The summed E-state index contributed by atoms with van der Waals surface area (Å²) in [6.07, 6.45) is 7.74. The van der Waals surface area contributed by atoms with Crippen molar-refractivity contribution >= 4 is 17.6 Å². The third kappa shape index (κ3) is 4.74. The highest BCUT2D eigenvalue weighted by Gasteiger charge is 2.30. The third-order valence-corrected chi connectivity index (χ3v) is 4.99. The van der Waals surface area contributed by atoms with Gasteiger partial charge in [0.15, 0.2) is 5.69 Å². The number of oxazole rings is 1. The van der Waals surface area contributed by atoms with Gasteiger partial charge in [-0.15, -0.1) is 0 Å². The molecule has 150 valence electrons. The van der Waals surface area contributed by atoms with Gasteiger partial charge < -0.3 is 19.4 Å². The second-order valence-corrected chi connectivity index (χ2v) is 7.18. The van der Waals surface area contributed by atoms with Gasteiger partial charge >= 0.3 is 0 Å². The zero-order valence-corrected chi connectivity index (χ0v) is 16.4. The highest BCUT2D eigenvalue weighted by atomic mass is 16.5. The van der Waals surface area contributed by atoms with Crippen molar-refractivity contribution in [3.63, 3.8) is 0 Å². The van der Waals surface area contributed by atoms with Gasteiger partial charge in [-0.2, -0.15) is 4.98 Å². The molecule has 1 amide bonds. The summed E-state index contributed by atoms with van der Waals surface area (Å²) in [5, 5.41) is 3.09. The molecular formula is C22H24N4O3. The van der Waals surface area contributed by atoms with Gasteiger partial charge in [-0.05, 0) is 50.5 Å². The van der Waals surface area contributed by atoms with Crippen molar-refractivity contribution in [2.24, 2.45) is 0 Å². The van der Waals surface area contributed by atoms with Crippen LogP contribution < -0.4 is 10.1 Å². The molecule has 3 heterocycles. The van der Waals surface area contributed by atoms with Gasteiger partial charge in [0.05, 0.1) is 12.2 Å². The van der Waals surface area contributed by atoms with E-state index in [4.69, 9.17) is 9.15 Å². The first-order valence-corrected chi connectivity index (χ1v) is 9.82. The summed E-state index contributed by atoms with van der Waals surface area (Å²) in [4.78, 5) is 23.3. The minimum absolute atomic E-state index is 0.00154. The first-order valence-electron chi connectivity index (χ1n) is 9.82. The lowest BCUT2D eigenvalue weighted by molar-refractivity contribution is 0.0522. The molecule has 0 bridgehead atoms. The van der Waals surface area contributed by atoms with E-state index in [2.05, 4.69) is 15.3 Å². The number of carbonyl (C=O) groups is 1. The number of likely N-dealkylation sites (tertiary alicyclic amines) is 1. The highest BCUT2D eigenvalue weighted by Crippen LogP contribution is 2.22. The highest BCUT2D eigenvalue weighted by molar-refractivity contribution is 5.92. The van der Waals surface area contributed by atoms with Crippen LogP contribution in [0, 0.1) is 6.92 Å². The van der Waals surface area contributed by atoms with E-state index in [-0.39, 0.29) is 11.9 Å². The fraction of sp³-hybridized carbons (Fsp3) is 0.318. The summed E-state index contributed by atoms with van der Waals surface area (Å²) in [7, 11) is 0. The van der Waals surface area contributed by atoms with E-state index in [0.29, 0.717) is 30.6 Å². The Morgan fingerprint density at radius 2 is 2.14 bits per heavy atom. The lowest BCUT2D eigenvalue weighted by atomic mass is 10.0. The van der Waals surface area contributed by atoms with Crippen LogP contribution in [0.15, 0.2) is 59.5 Å². The van der Waals surface area contributed by atoms with Crippen molar-refractivity contribution in [3.8, 4) is 5.75 Å². The molecule has 0 radical (unpaired) electrons. The zero-order valence-electron chi connectivity index (χ0n) is 16.4. The summed E-state index contributed by atoms with van der Waals surface area (Å²) in [5.74, 6) is 0.571. The maximum atomic E-state index is 13.0. The van der Waals surface area contributed by atoms with E-state index in [1.165, 1.54) is 11.8 Å². The average Bonchev–Trinajstić information content (AvgIpc) is 3.23. The van der Waals surface area contributed by atoms with Crippen molar-refractivity contribution < 1.29 is 13.9 Å². The van der Waals surface area contributed by atoms with Crippen LogP contribution in [-0.4, -0.2) is 40.0 Å². The molecule has 1 N–H and O–H groups in total. The molecule has 0 saturated carbocycles. The SMILES string of the molecule is Cc1ccc(Nc2nc(C(=O)N3CCCCC3COc3cccnc3)co2)cc1. The van der Waals surface area contributed by atoms with Crippen molar-refractivity contribution in [2.75, 3.05) is 18.5 Å². The lowest BCUT2D eigenvalue weighted by Gasteiger charge is -2.35. The number of amides is 1. The van der Waals surface area contributed by atoms with E-state index < -0.39 is 0 Å². The molecule has 2 aromatic heterocycles. The van der Waals surface area contributed by atoms with Crippen LogP contribution in [0.2, 0.25) is 0 Å². The molecule has 3 aromatic rings. The Hall–Kier alpha value is -3.35. The summed E-state index contributed by atoms with van der Waals surface area (Å²) in [6.45, 7) is 3.15. The number of hydrogen-bond acceptors (Lipinski definition) is 6. The van der Waals surface area contributed by atoms with Crippen LogP contribution in [0.5, 0.6) is 5.75 Å². The van der Waals surface area contributed by atoms with Crippen molar-refractivity contribution in [1.29, 1.82) is 0 Å². The number of aryl methyl sites for hydroxylation is 1. The number of carbonyl (C=O) groups excluding carboxylic acids is 1. The molecule has 0 spiro atoms. The van der Waals surface area contributed by atoms with Gasteiger partial charge in [0.25, 0.3) is 11.9 Å². The topological polar surface area (TPSA) is 80.5 Å². The van der Waals surface area contributed by atoms with Gasteiger partial charge in [0.2, 0.25) is 0 Å². The molecule has 1 aliphatic rings. The summed E-state index contributed by atoms with van der Waals surface area (Å²) in [6, 6.07) is 11.9. The van der Waals surface area contributed by atoms with E-state index in [9.17, 15) is 4.79 Å². The van der Waals surface area contributed by atoms with Crippen LogP contribution >= 0.6 is 0 Å². The number of anilines is 2. The first-order chi connectivity index (χ1) is 14.2. The number of rotatable bonds is 6. The zero-order chi connectivity index (χ0) is 20.1. The predicted octanol–water partition coefficient (Wildman–Crippen LogP) is 4.20. The van der Waals surface area contributed by atoms with Gasteiger partial charge in [-0.1, -0.05) is 17.7 Å². The molecule has 1 fully saturated rings. The Kier molecular flexibility index (Phi) is 5.74. The predicted molar refractivity (Wildman–Crippen MR) is 109 cm³/mol. The van der Waals surface area contributed by atoms with E-state index >= 15 is 0 Å². The van der Waals surface area contributed by atoms with E-state index in [1.807, 2.05) is 48.2 Å². The molecule has 29 heavy (non-hydrogen) atoms. The van der Waals surface area contributed by atoms with E-state index in [1.54, 1.807) is 12.4 Å². The number of nitrogens with zero attached hydrogens (tertiary/aromatic N) is 3. The van der Waals surface area contributed by atoms with Crippen LogP contribution in [0.4, 0.5) is 11.7 Å². The molecule has 7 heteroatoms. The third-order valence-electron chi connectivity index (χ3n) is 4.99. The Balaban J connectivity index is 1.41. The number of piperidine rings is 1. The Bertz CT molecular complexity index is 940. The second kappa shape index (κ2) is 8.77. The Morgan fingerprint density at radius 3 is 2.93 bits per heavy atom. The first kappa shape index (κ1) is 19.0. The Morgan fingerprint density at radius 1 is 1.28 bits per heavy atom. The van der Waals surface area contributed by atoms with Crippen LogP contribution in [0.1, 0.15) is 35.3 Å². The molecule has 7 nitrogen and oxygen atoms in total. The maximum absolute atomic E-state index is 13.0. The van der Waals surface area contributed by atoms with Gasteiger partial charge in [-0.3, -0.25) is 9.78 Å². The summed E-state index contributed by atoms with van der Waals surface area (Å²) in [5.41, 5.74) is 2.33. The molecular weight excluding hydrogens is 368 g/mol. The fourth-order valence-electron chi connectivity index (χ4n) is 3.40. The van der Waals surface area contributed by atoms with Gasteiger partial charge in [-0.25, -0.2) is 0 Å². The van der Waals surface area contributed by atoms with Crippen LogP contribution in [0.3, 0.4) is 0 Å². The average molecular weight is 392 g/mol. The summed E-state index contributed by atoms with van der Waals surface area (Å²) < 4.78 is 11.3. The van der Waals surface area contributed by atoms with Gasteiger partial charge in [0, 0.05) is 18.4 Å². The van der Waals surface area contributed by atoms with Gasteiger partial charge in [0.1, 0.15) is 18.6 Å². The van der Waals surface area contributed by atoms with E-state index in [0.717, 1.165) is 24.9 Å². The molecule has 0 aliphatic carbocycles. The normalized spacial score (nSPS) is 16.4. The smallest absolute Gasteiger partial charge is 0.299 e. The fourth-order valence-corrected chi connectivity index (χ4v) is 3.40. The standard InChI is InChI=1S/C22H24N4O3/c1-16-7-9-17(10-8-16)24-22-25-20(15-29-22)21(27)26-12-3-2-5-18(26)14-28-19-6-4-11-23-13-19/h4,6-11,13,15,18H,2-3,5,12,14H2,1H3,(H,24,25). The number of hydrogen-bond donors (Lipinski definition) is 1. The molecule has 4 rings (SSSR count). The minimum Gasteiger partial charge on any atom is -0.490 e. The molecule has 1 saturated heterocycles. The number of pyridine rings is 1. The molecule has 1 aromatic carbocycles. The monoisotopic (exact) mass is 392 g/mol. The molecule has 1 aliphatic heterocycles. The van der Waals surface area contributed by atoms with Crippen molar-refractivity contribution in [1.82, 2.24) is 14.9 Å². The Labute approximate surface area is 169 Å². The molecule has 1 unspecified atom stereocenters. The summed E-state index contributed by atoms with van der Waals surface area (Å²) >= 11 is 0. The second-order valence-electron chi connectivity index (χ2n) is 7.18. The number of ether oxygens (including phenoxy) is 1. The number of benzene rings is 1.